The van der Waals surface area contributed by atoms with Crippen LogP contribution >= 0.6 is 0 Å². The van der Waals surface area contributed by atoms with Crippen molar-refractivity contribution in [1.82, 2.24) is 0 Å². The Labute approximate surface area is 257 Å². The summed E-state index contributed by atoms with van der Waals surface area (Å²) in [5.74, 6) is -0.407. The van der Waals surface area contributed by atoms with Crippen LogP contribution in [-0.4, -0.2) is 36.5 Å². The third-order valence-corrected chi connectivity index (χ3v) is 8.46. The highest BCUT2D eigenvalue weighted by molar-refractivity contribution is 5.75. The van der Waals surface area contributed by atoms with Gasteiger partial charge in [-0.2, -0.15) is 0 Å². The van der Waals surface area contributed by atoms with E-state index in [2.05, 4.69) is 13.8 Å². The fraction of sp³-hybridized carbons (Fsp3) is 0.973. The van der Waals surface area contributed by atoms with Gasteiger partial charge < -0.3 is 14.6 Å². The summed E-state index contributed by atoms with van der Waals surface area (Å²) in [6, 6.07) is 0. The molecule has 4 nitrogen and oxygen atoms in total. The van der Waals surface area contributed by atoms with Crippen molar-refractivity contribution in [2.24, 2.45) is 0 Å². The van der Waals surface area contributed by atoms with E-state index >= 15 is 0 Å². The molecule has 0 aliphatic rings. The van der Waals surface area contributed by atoms with Crippen molar-refractivity contribution in [2.45, 2.75) is 219 Å². The van der Waals surface area contributed by atoms with Crippen molar-refractivity contribution in [3.05, 3.63) is 0 Å². The first-order chi connectivity index (χ1) is 20.1. The maximum absolute atomic E-state index is 12.4. The summed E-state index contributed by atoms with van der Waals surface area (Å²) in [5, 5.41) is 10.0. The van der Waals surface area contributed by atoms with Crippen LogP contribution in [0.15, 0.2) is 0 Å². The first-order valence-corrected chi connectivity index (χ1v) is 18.6. The van der Waals surface area contributed by atoms with E-state index in [0.29, 0.717) is 13.2 Å². The Morgan fingerprint density at radius 2 is 0.732 bits per heavy atom. The molecule has 41 heavy (non-hydrogen) atoms. The summed E-state index contributed by atoms with van der Waals surface area (Å²) in [6.07, 6.45) is 36.6. The minimum atomic E-state index is -0.853. The normalized spacial score (nSPS) is 13.0. The number of unbranched alkanes of at least 4 members (excludes halogenated alkanes) is 27. The van der Waals surface area contributed by atoms with Crippen molar-refractivity contribution in [3.63, 3.8) is 0 Å². The van der Waals surface area contributed by atoms with E-state index in [9.17, 15) is 9.90 Å². The lowest BCUT2D eigenvalue weighted by molar-refractivity contribution is -0.164. The van der Waals surface area contributed by atoms with E-state index in [0.717, 1.165) is 25.7 Å². The Kier molecular flexibility index (Phi) is 33.4. The lowest BCUT2D eigenvalue weighted by Gasteiger charge is -2.19. The molecule has 0 saturated carbocycles. The lowest BCUT2D eigenvalue weighted by Crippen LogP contribution is -2.36. The van der Waals surface area contributed by atoms with Gasteiger partial charge in [0.05, 0.1) is 12.7 Å². The molecule has 0 bridgehead atoms. The number of hydrogen-bond acceptors (Lipinski definition) is 4. The van der Waals surface area contributed by atoms with Crippen LogP contribution in [0.3, 0.4) is 0 Å². The van der Waals surface area contributed by atoms with Gasteiger partial charge in [-0.05, 0) is 19.8 Å². The summed E-state index contributed by atoms with van der Waals surface area (Å²) in [4.78, 5) is 12.4. The second-order valence-corrected chi connectivity index (χ2v) is 12.7. The van der Waals surface area contributed by atoms with E-state index in [-0.39, 0.29) is 0 Å². The van der Waals surface area contributed by atoms with Gasteiger partial charge in [-0.25, -0.2) is 4.79 Å². The Bertz CT molecular complexity index is 507. The fourth-order valence-corrected chi connectivity index (χ4v) is 5.64. The summed E-state index contributed by atoms with van der Waals surface area (Å²) in [6.45, 7) is 7.12. The molecule has 0 aromatic rings. The quantitative estimate of drug-likeness (QED) is 0.0605. The van der Waals surface area contributed by atoms with E-state index in [1.165, 1.54) is 161 Å². The maximum Gasteiger partial charge on any atom is 0.337 e. The van der Waals surface area contributed by atoms with Gasteiger partial charge in [0.25, 0.3) is 0 Å². The van der Waals surface area contributed by atoms with Crippen LogP contribution in [0.2, 0.25) is 0 Å². The van der Waals surface area contributed by atoms with E-state index in [1.807, 2.05) is 0 Å². The van der Waals surface area contributed by atoms with Gasteiger partial charge in [0.2, 0.25) is 0 Å². The Hall–Kier alpha value is -0.610. The predicted octanol–water partition coefficient (Wildman–Crippen LogP) is 11.6. The second kappa shape index (κ2) is 33.9. The number of esters is 1. The number of aliphatic hydroxyl groups is 1. The molecule has 2 unspecified atom stereocenters. The Morgan fingerprint density at radius 3 is 1.02 bits per heavy atom. The minimum absolute atomic E-state index is 0.407. The van der Waals surface area contributed by atoms with Crippen LogP contribution in [0, 0.1) is 0 Å². The van der Waals surface area contributed by atoms with E-state index < -0.39 is 18.2 Å². The fourth-order valence-electron chi connectivity index (χ4n) is 5.64. The lowest BCUT2D eigenvalue weighted by atomic mass is 10.0. The largest absolute Gasteiger partial charge is 0.464 e. The molecule has 0 spiro atoms. The molecular weight excluding hydrogens is 508 g/mol. The number of ether oxygens (including phenoxy) is 2. The second-order valence-electron chi connectivity index (χ2n) is 12.7. The molecule has 2 atom stereocenters. The molecule has 0 aliphatic carbocycles. The monoisotopic (exact) mass is 583 g/mol. The van der Waals surface area contributed by atoms with Crippen molar-refractivity contribution in [1.29, 1.82) is 0 Å². The highest BCUT2D eigenvalue weighted by atomic mass is 16.6. The van der Waals surface area contributed by atoms with Crippen LogP contribution in [-0.2, 0) is 14.3 Å². The predicted molar refractivity (Wildman–Crippen MR) is 178 cm³/mol. The molecule has 0 saturated heterocycles. The standard InChI is InChI=1S/C37H74O4/c1-4-6-8-10-12-14-16-18-19-20-22-23-25-27-29-31-33-40-36(35(3)38)37(39)41-34-32-30-28-26-24-21-17-15-13-11-9-7-5-2/h35-36,38H,4-34H2,1-3H3. The highest BCUT2D eigenvalue weighted by Gasteiger charge is 2.25. The molecule has 0 aromatic carbocycles. The Morgan fingerprint density at radius 1 is 0.463 bits per heavy atom. The molecule has 0 aromatic heterocycles. The van der Waals surface area contributed by atoms with Crippen LogP contribution < -0.4 is 0 Å². The zero-order valence-electron chi connectivity index (χ0n) is 28.2. The van der Waals surface area contributed by atoms with Gasteiger partial charge in [0.1, 0.15) is 0 Å². The van der Waals surface area contributed by atoms with Gasteiger partial charge in [0, 0.05) is 6.61 Å². The summed E-state index contributed by atoms with van der Waals surface area (Å²) < 4.78 is 11.2. The average molecular weight is 583 g/mol. The third-order valence-electron chi connectivity index (χ3n) is 8.46. The number of aliphatic hydroxyl groups excluding tert-OH is 1. The molecule has 0 aliphatic heterocycles. The topological polar surface area (TPSA) is 55.8 Å². The number of rotatable bonds is 34. The zero-order chi connectivity index (χ0) is 30.1. The van der Waals surface area contributed by atoms with Crippen molar-refractivity contribution >= 4 is 5.97 Å². The molecule has 1 N–H and O–H groups in total. The van der Waals surface area contributed by atoms with Gasteiger partial charge in [-0.1, -0.05) is 187 Å². The molecular formula is C37H74O4. The summed E-state index contributed by atoms with van der Waals surface area (Å²) >= 11 is 0. The Balaban J connectivity index is 3.50. The SMILES string of the molecule is CCCCCCCCCCCCCCCCCCOC(C(=O)OCCCCCCCCCCCCCCC)C(C)O. The van der Waals surface area contributed by atoms with Crippen LogP contribution in [0.1, 0.15) is 207 Å². The maximum atomic E-state index is 12.4. The van der Waals surface area contributed by atoms with Gasteiger partial charge in [0.15, 0.2) is 6.10 Å². The minimum Gasteiger partial charge on any atom is -0.464 e. The molecule has 246 valence electrons. The zero-order valence-corrected chi connectivity index (χ0v) is 28.2. The molecule has 0 fully saturated rings. The third kappa shape index (κ3) is 30.6. The number of carbonyl (C=O) groups excluding carboxylic acids is 1. The molecule has 0 rings (SSSR count). The number of carbonyl (C=O) groups is 1. The van der Waals surface area contributed by atoms with Crippen LogP contribution in [0.4, 0.5) is 0 Å². The van der Waals surface area contributed by atoms with Gasteiger partial charge in [-0.15, -0.1) is 0 Å². The molecule has 4 heteroatoms. The molecule has 0 radical (unpaired) electrons. The first-order valence-electron chi connectivity index (χ1n) is 18.6. The van der Waals surface area contributed by atoms with E-state index in [1.54, 1.807) is 6.92 Å². The highest BCUT2D eigenvalue weighted by Crippen LogP contribution is 2.15. The molecule has 0 heterocycles. The van der Waals surface area contributed by atoms with E-state index in [4.69, 9.17) is 9.47 Å². The van der Waals surface area contributed by atoms with Crippen LogP contribution in [0.5, 0.6) is 0 Å². The molecule has 0 amide bonds. The average Bonchev–Trinajstić information content (AvgIpc) is 2.96. The van der Waals surface area contributed by atoms with Crippen LogP contribution in [0.25, 0.3) is 0 Å². The van der Waals surface area contributed by atoms with Gasteiger partial charge >= 0.3 is 5.97 Å². The van der Waals surface area contributed by atoms with Gasteiger partial charge in [-0.3, -0.25) is 0 Å². The summed E-state index contributed by atoms with van der Waals surface area (Å²) in [7, 11) is 0. The first kappa shape index (κ1) is 40.4. The van der Waals surface area contributed by atoms with Crippen molar-refractivity contribution in [2.75, 3.05) is 13.2 Å². The number of hydrogen-bond donors (Lipinski definition) is 1. The smallest absolute Gasteiger partial charge is 0.337 e. The van der Waals surface area contributed by atoms with Crippen molar-refractivity contribution in [3.8, 4) is 0 Å². The van der Waals surface area contributed by atoms with Crippen molar-refractivity contribution < 1.29 is 19.4 Å². The summed E-state index contributed by atoms with van der Waals surface area (Å²) in [5.41, 5.74) is 0.